The fourth-order valence-electron chi connectivity index (χ4n) is 4.80. The quantitative estimate of drug-likeness (QED) is 0.743. The van der Waals surface area contributed by atoms with Crippen LogP contribution in [-0.2, 0) is 6.54 Å². The highest BCUT2D eigenvalue weighted by Crippen LogP contribution is 2.45. The number of aromatic nitrogens is 4. The van der Waals surface area contributed by atoms with Crippen molar-refractivity contribution in [2.24, 2.45) is 11.8 Å². The standard InChI is InChI=1S/C22H24N6O/c1-15-9-26-19(10-25-15)22(29)28-12-17-11-27(14-20-23-7-8-24-20)13-18(17)21(28)16-5-3-2-4-6-16/h2-10,17-18,21H,11-14H2,1H3,(H,23,24)/t17-,18-,21+/m0/s1. The zero-order chi connectivity index (χ0) is 19.8. The van der Waals surface area contributed by atoms with Gasteiger partial charge in [0.2, 0.25) is 0 Å². The molecule has 2 aliphatic heterocycles. The molecule has 0 aliphatic carbocycles. The molecule has 0 unspecified atom stereocenters. The number of aryl methyl sites for hydroxylation is 1. The van der Waals surface area contributed by atoms with Crippen LogP contribution in [0.5, 0.6) is 0 Å². The number of hydrogen-bond acceptors (Lipinski definition) is 5. The third kappa shape index (κ3) is 3.42. The minimum absolute atomic E-state index is 0.0293. The van der Waals surface area contributed by atoms with Gasteiger partial charge in [0.15, 0.2) is 0 Å². The molecule has 1 amide bonds. The van der Waals surface area contributed by atoms with Gasteiger partial charge < -0.3 is 9.88 Å². The first-order valence-electron chi connectivity index (χ1n) is 10.0. The maximum atomic E-state index is 13.3. The number of likely N-dealkylation sites (tertiary alicyclic amines) is 2. The zero-order valence-corrected chi connectivity index (χ0v) is 16.4. The fourth-order valence-corrected chi connectivity index (χ4v) is 4.80. The molecule has 2 aromatic heterocycles. The lowest BCUT2D eigenvalue weighted by atomic mass is 9.89. The van der Waals surface area contributed by atoms with Gasteiger partial charge in [-0.15, -0.1) is 0 Å². The van der Waals surface area contributed by atoms with Gasteiger partial charge in [-0.1, -0.05) is 30.3 Å². The van der Waals surface area contributed by atoms with Crippen LogP contribution in [0.15, 0.2) is 55.1 Å². The third-order valence-electron chi connectivity index (χ3n) is 6.07. The first-order chi connectivity index (χ1) is 14.2. The van der Waals surface area contributed by atoms with Gasteiger partial charge in [0.25, 0.3) is 5.91 Å². The largest absolute Gasteiger partial charge is 0.348 e. The summed E-state index contributed by atoms with van der Waals surface area (Å²) in [4.78, 5) is 33.9. The lowest BCUT2D eigenvalue weighted by molar-refractivity contribution is 0.0693. The first kappa shape index (κ1) is 18.0. The van der Waals surface area contributed by atoms with E-state index >= 15 is 0 Å². The Labute approximate surface area is 169 Å². The van der Waals surface area contributed by atoms with Crippen molar-refractivity contribution in [3.8, 4) is 0 Å². The van der Waals surface area contributed by atoms with Gasteiger partial charge in [0, 0.05) is 44.1 Å². The van der Waals surface area contributed by atoms with Crippen molar-refractivity contribution in [1.29, 1.82) is 0 Å². The molecule has 29 heavy (non-hydrogen) atoms. The van der Waals surface area contributed by atoms with Crippen molar-refractivity contribution in [3.05, 3.63) is 77.9 Å². The molecule has 2 saturated heterocycles. The Bertz CT molecular complexity index is 972. The lowest BCUT2D eigenvalue weighted by Gasteiger charge is -2.29. The van der Waals surface area contributed by atoms with E-state index in [1.165, 1.54) is 5.56 Å². The normalized spacial score (nSPS) is 24.0. The molecule has 7 nitrogen and oxygen atoms in total. The summed E-state index contributed by atoms with van der Waals surface area (Å²) in [5.41, 5.74) is 2.42. The molecule has 4 heterocycles. The number of carbonyl (C=O) groups excluding carboxylic acids is 1. The summed E-state index contributed by atoms with van der Waals surface area (Å²) >= 11 is 0. The molecule has 5 rings (SSSR count). The molecule has 2 aliphatic rings. The number of rotatable bonds is 4. The van der Waals surface area contributed by atoms with Gasteiger partial charge in [-0.25, -0.2) is 9.97 Å². The van der Waals surface area contributed by atoms with Crippen LogP contribution in [0.2, 0.25) is 0 Å². The van der Waals surface area contributed by atoms with Crippen LogP contribution < -0.4 is 0 Å². The van der Waals surface area contributed by atoms with Crippen LogP contribution in [0, 0.1) is 18.8 Å². The topological polar surface area (TPSA) is 78.0 Å². The predicted octanol–water partition coefficient (Wildman–Crippen LogP) is 2.45. The molecule has 3 atom stereocenters. The Morgan fingerprint density at radius 2 is 1.97 bits per heavy atom. The molecular formula is C22H24N6O. The van der Waals surface area contributed by atoms with Gasteiger partial charge in [-0.2, -0.15) is 0 Å². The van der Waals surface area contributed by atoms with Crippen LogP contribution in [0.1, 0.15) is 33.6 Å². The van der Waals surface area contributed by atoms with Crippen molar-refractivity contribution < 1.29 is 4.79 Å². The van der Waals surface area contributed by atoms with E-state index in [0.717, 1.165) is 37.7 Å². The number of benzene rings is 1. The number of nitrogens with one attached hydrogen (secondary N) is 1. The lowest BCUT2D eigenvalue weighted by Crippen LogP contribution is -2.36. The van der Waals surface area contributed by atoms with Gasteiger partial charge in [0.05, 0.1) is 24.5 Å². The molecule has 0 bridgehead atoms. The number of carbonyl (C=O) groups is 1. The number of H-pyrrole nitrogens is 1. The minimum atomic E-state index is -0.0293. The van der Waals surface area contributed by atoms with E-state index in [4.69, 9.17) is 0 Å². The van der Waals surface area contributed by atoms with Gasteiger partial charge >= 0.3 is 0 Å². The smallest absolute Gasteiger partial charge is 0.274 e. The van der Waals surface area contributed by atoms with E-state index in [2.05, 4.69) is 37.0 Å². The molecular weight excluding hydrogens is 364 g/mol. The van der Waals surface area contributed by atoms with Crippen LogP contribution in [0.25, 0.3) is 0 Å². The highest BCUT2D eigenvalue weighted by atomic mass is 16.2. The van der Waals surface area contributed by atoms with Crippen LogP contribution in [-0.4, -0.2) is 55.3 Å². The molecule has 3 aromatic rings. The SMILES string of the molecule is Cc1cnc(C(=O)N2C[C@@H]3CN(Cc4ncc[nH]4)C[C@@H]3[C@H]2c2ccccc2)cn1. The first-order valence-corrected chi connectivity index (χ1v) is 10.0. The number of fused-ring (bicyclic) bond motifs is 1. The van der Waals surface area contributed by atoms with E-state index < -0.39 is 0 Å². The van der Waals surface area contributed by atoms with Gasteiger partial charge in [-0.3, -0.25) is 14.7 Å². The Balaban J connectivity index is 1.41. The zero-order valence-electron chi connectivity index (χ0n) is 16.4. The highest BCUT2D eigenvalue weighted by molar-refractivity contribution is 5.92. The highest BCUT2D eigenvalue weighted by Gasteiger charge is 2.49. The maximum Gasteiger partial charge on any atom is 0.274 e. The maximum absolute atomic E-state index is 13.3. The third-order valence-corrected chi connectivity index (χ3v) is 6.07. The number of imidazole rings is 1. The number of hydrogen-bond donors (Lipinski definition) is 1. The van der Waals surface area contributed by atoms with Crippen LogP contribution >= 0.6 is 0 Å². The average molecular weight is 388 g/mol. The van der Waals surface area contributed by atoms with E-state index in [1.807, 2.05) is 36.2 Å². The van der Waals surface area contributed by atoms with Crippen LogP contribution in [0.4, 0.5) is 0 Å². The summed E-state index contributed by atoms with van der Waals surface area (Å²) in [7, 11) is 0. The molecule has 0 spiro atoms. The van der Waals surface area contributed by atoms with E-state index in [1.54, 1.807) is 18.6 Å². The number of nitrogens with zero attached hydrogens (tertiary/aromatic N) is 5. The predicted molar refractivity (Wildman–Crippen MR) is 108 cm³/mol. The average Bonchev–Trinajstić information content (AvgIpc) is 3.45. The second-order valence-corrected chi connectivity index (χ2v) is 8.01. The molecule has 2 fully saturated rings. The Morgan fingerprint density at radius 1 is 1.10 bits per heavy atom. The Morgan fingerprint density at radius 3 is 2.69 bits per heavy atom. The summed E-state index contributed by atoms with van der Waals surface area (Å²) in [6.07, 6.45) is 6.91. The summed E-state index contributed by atoms with van der Waals surface area (Å²) < 4.78 is 0. The Kier molecular flexibility index (Phi) is 4.60. The number of aromatic amines is 1. The Hall–Kier alpha value is -3.06. The molecule has 7 heteroatoms. The molecule has 1 N–H and O–H groups in total. The monoisotopic (exact) mass is 388 g/mol. The van der Waals surface area contributed by atoms with Gasteiger partial charge in [-0.05, 0) is 18.4 Å². The van der Waals surface area contributed by atoms with Gasteiger partial charge in [0.1, 0.15) is 11.5 Å². The van der Waals surface area contributed by atoms with Crippen molar-refractivity contribution in [2.75, 3.05) is 19.6 Å². The van der Waals surface area contributed by atoms with Crippen molar-refractivity contribution in [2.45, 2.75) is 19.5 Å². The van der Waals surface area contributed by atoms with E-state index in [9.17, 15) is 4.79 Å². The second kappa shape index (κ2) is 7.40. The van der Waals surface area contributed by atoms with Crippen LogP contribution in [0.3, 0.4) is 0 Å². The van der Waals surface area contributed by atoms with E-state index in [0.29, 0.717) is 17.5 Å². The minimum Gasteiger partial charge on any atom is -0.348 e. The summed E-state index contributed by atoms with van der Waals surface area (Å²) in [6, 6.07) is 10.4. The summed E-state index contributed by atoms with van der Waals surface area (Å²) in [5, 5.41) is 0. The number of amides is 1. The summed E-state index contributed by atoms with van der Waals surface area (Å²) in [6.45, 7) is 5.36. The molecule has 0 saturated carbocycles. The molecule has 148 valence electrons. The van der Waals surface area contributed by atoms with Crippen molar-refractivity contribution >= 4 is 5.91 Å². The summed E-state index contributed by atoms with van der Waals surface area (Å²) in [5.74, 6) is 1.80. The van der Waals surface area contributed by atoms with Crippen molar-refractivity contribution in [3.63, 3.8) is 0 Å². The molecule has 0 radical (unpaired) electrons. The molecule has 1 aromatic carbocycles. The second-order valence-electron chi connectivity index (χ2n) is 8.01. The van der Waals surface area contributed by atoms with E-state index in [-0.39, 0.29) is 11.9 Å². The fraction of sp³-hybridized carbons (Fsp3) is 0.364. The van der Waals surface area contributed by atoms with Crippen molar-refractivity contribution in [1.82, 2.24) is 29.7 Å².